The zero-order valence-corrected chi connectivity index (χ0v) is 16.3. The predicted molar refractivity (Wildman–Crippen MR) is 108 cm³/mol. The van der Waals surface area contributed by atoms with Crippen LogP contribution in [0, 0.1) is 0 Å². The lowest BCUT2D eigenvalue weighted by Crippen LogP contribution is -2.26. The van der Waals surface area contributed by atoms with Gasteiger partial charge in [-0.1, -0.05) is 91.0 Å². The summed E-state index contributed by atoms with van der Waals surface area (Å²) in [6, 6.07) is 30.1. The van der Waals surface area contributed by atoms with Crippen LogP contribution in [0.5, 0.6) is 0 Å². The molecule has 26 heavy (non-hydrogen) atoms. The predicted octanol–water partition coefficient (Wildman–Crippen LogP) is 4.74. The second-order valence-corrected chi connectivity index (χ2v) is 9.32. The van der Waals surface area contributed by atoms with E-state index < -0.39 is 15.3 Å². The van der Waals surface area contributed by atoms with Gasteiger partial charge in [-0.15, -0.1) is 0 Å². The zero-order chi connectivity index (χ0) is 18.5. The number of hydrogen-bond acceptors (Lipinski definition) is 3. The first kappa shape index (κ1) is 18.8. The van der Waals surface area contributed by atoms with Crippen molar-refractivity contribution in [3.8, 4) is 0 Å². The summed E-state index contributed by atoms with van der Waals surface area (Å²) < 4.78 is 28.9. The summed E-state index contributed by atoms with van der Waals surface area (Å²) in [5.41, 5.74) is 3.21. The van der Waals surface area contributed by atoms with Crippen molar-refractivity contribution in [3.05, 3.63) is 108 Å². The van der Waals surface area contributed by atoms with Crippen molar-refractivity contribution in [2.24, 2.45) is 0 Å². The van der Waals surface area contributed by atoms with E-state index >= 15 is 0 Å². The van der Waals surface area contributed by atoms with Gasteiger partial charge in [0.25, 0.3) is 10.1 Å². The minimum Gasteiger partial charge on any atom is -0.250 e. The summed E-state index contributed by atoms with van der Waals surface area (Å²) in [6.45, 7) is 0. The molecular weight excluding hydrogens is 363 g/mol. The van der Waals surface area contributed by atoms with E-state index in [-0.39, 0.29) is 8.81 Å². The maximum Gasteiger partial charge on any atom is 0.267 e. The lowest BCUT2D eigenvalue weighted by molar-refractivity contribution is 0.510. The Hall–Kier alpha value is -2.00. The Morgan fingerprint density at radius 2 is 1.19 bits per heavy atom. The van der Waals surface area contributed by atoms with Crippen LogP contribution in [-0.4, -0.2) is 14.7 Å². The quantitative estimate of drug-likeness (QED) is 0.553. The molecule has 0 fully saturated rings. The topological polar surface area (TPSA) is 43.4 Å². The molecule has 1 unspecified atom stereocenters. The first-order chi connectivity index (χ1) is 12.5. The van der Waals surface area contributed by atoms with Crippen molar-refractivity contribution in [2.75, 3.05) is 6.26 Å². The third kappa shape index (κ3) is 4.59. The minimum atomic E-state index is -3.55. The van der Waals surface area contributed by atoms with Gasteiger partial charge in [-0.2, -0.15) is 8.42 Å². The van der Waals surface area contributed by atoms with Crippen LogP contribution < -0.4 is 0 Å². The van der Waals surface area contributed by atoms with Crippen molar-refractivity contribution in [2.45, 2.75) is 11.6 Å². The molecule has 3 rings (SSSR count). The Bertz CT molecular complexity index is 887. The molecule has 0 amide bonds. The molecule has 0 radical (unpaired) electrons. The average Bonchev–Trinajstić information content (AvgIpc) is 2.67. The fourth-order valence-corrected chi connectivity index (χ4v) is 5.04. The number of hydrogen-bond donors (Lipinski definition) is 0. The van der Waals surface area contributed by atoms with E-state index in [0.29, 0.717) is 6.42 Å². The van der Waals surface area contributed by atoms with Gasteiger partial charge in [0.05, 0.1) is 20.2 Å². The van der Waals surface area contributed by atoms with Gasteiger partial charge in [-0.05, 0) is 23.1 Å². The molecule has 1 atom stereocenters. The Labute approximate surface area is 157 Å². The van der Waals surface area contributed by atoms with E-state index in [1.54, 1.807) is 0 Å². The van der Waals surface area contributed by atoms with Crippen LogP contribution in [0.25, 0.3) is 0 Å². The van der Waals surface area contributed by atoms with Gasteiger partial charge < -0.3 is 0 Å². The van der Waals surface area contributed by atoms with Crippen LogP contribution in [0.15, 0.2) is 91.0 Å². The van der Waals surface area contributed by atoms with E-state index in [2.05, 4.69) is 12.1 Å². The van der Waals surface area contributed by atoms with Crippen LogP contribution in [0.1, 0.15) is 16.7 Å². The molecule has 0 spiro atoms. The second-order valence-electron chi connectivity index (χ2n) is 6.19. The smallest absolute Gasteiger partial charge is 0.250 e. The summed E-state index contributed by atoms with van der Waals surface area (Å²) in [6.07, 6.45) is 1.75. The van der Waals surface area contributed by atoms with E-state index in [1.807, 2.05) is 78.9 Å². The largest absolute Gasteiger partial charge is 0.267 e. The van der Waals surface area contributed by atoms with Gasteiger partial charge in [0.1, 0.15) is 0 Å². The van der Waals surface area contributed by atoms with Gasteiger partial charge in [0.15, 0.2) is 0 Å². The minimum absolute atomic E-state index is 0.263. The Morgan fingerprint density at radius 1 is 0.769 bits per heavy atom. The van der Waals surface area contributed by atoms with E-state index in [9.17, 15) is 8.42 Å². The van der Waals surface area contributed by atoms with E-state index in [0.717, 1.165) is 22.9 Å². The van der Waals surface area contributed by atoms with Crippen molar-refractivity contribution < 1.29 is 12.4 Å². The second kappa shape index (κ2) is 8.13. The molecule has 0 heterocycles. The molecule has 0 saturated heterocycles. The van der Waals surface area contributed by atoms with Gasteiger partial charge in [0.2, 0.25) is 0 Å². The molecule has 3 aromatic rings. The average molecular weight is 384 g/mol. The summed E-state index contributed by atoms with van der Waals surface area (Å²) in [7, 11) is -3.82. The van der Waals surface area contributed by atoms with Crippen LogP contribution in [0.3, 0.4) is 0 Å². The highest BCUT2D eigenvalue weighted by atomic mass is 32.2. The van der Waals surface area contributed by atoms with E-state index in [1.165, 1.54) is 0 Å². The molecule has 134 valence electrons. The summed E-state index contributed by atoms with van der Waals surface area (Å²) in [5, 5.41) is -0.576. The summed E-state index contributed by atoms with van der Waals surface area (Å²) in [4.78, 5) is 0. The van der Waals surface area contributed by atoms with Gasteiger partial charge in [-0.25, -0.2) is 3.97 Å². The first-order valence-corrected chi connectivity index (χ1v) is 11.0. The summed E-state index contributed by atoms with van der Waals surface area (Å²) >= 11 is 0. The van der Waals surface area contributed by atoms with Crippen LogP contribution in [-0.2, 0) is 25.7 Å². The molecular formula is C21H21O3PS. The van der Waals surface area contributed by atoms with Crippen LogP contribution in [0.2, 0.25) is 0 Å². The highest BCUT2D eigenvalue weighted by Crippen LogP contribution is 2.50. The van der Waals surface area contributed by atoms with Gasteiger partial charge in [0, 0.05) is 0 Å². The lowest BCUT2D eigenvalue weighted by atomic mass is 9.85. The molecule has 0 aliphatic heterocycles. The lowest BCUT2D eigenvalue weighted by Gasteiger charge is -2.34. The number of rotatable bonds is 7. The zero-order valence-electron chi connectivity index (χ0n) is 14.5. The van der Waals surface area contributed by atoms with Crippen molar-refractivity contribution in [3.63, 3.8) is 0 Å². The van der Waals surface area contributed by atoms with Crippen molar-refractivity contribution in [1.29, 1.82) is 0 Å². The molecule has 0 bridgehead atoms. The molecule has 0 aromatic heterocycles. The maximum atomic E-state index is 11.8. The molecule has 3 aromatic carbocycles. The molecule has 0 saturated carbocycles. The fraction of sp³-hybridized carbons (Fsp3) is 0.143. The Kier molecular flexibility index (Phi) is 5.87. The van der Waals surface area contributed by atoms with Gasteiger partial charge in [-0.3, -0.25) is 0 Å². The van der Waals surface area contributed by atoms with Crippen molar-refractivity contribution >= 4 is 18.9 Å². The molecule has 5 heteroatoms. The highest BCUT2D eigenvalue weighted by Gasteiger charge is 2.36. The number of benzene rings is 3. The highest BCUT2D eigenvalue weighted by molar-refractivity contribution is 7.88. The Balaban J connectivity index is 2.16. The monoisotopic (exact) mass is 384 g/mol. The first-order valence-electron chi connectivity index (χ1n) is 8.30. The summed E-state index contributed by atoms with van der Waals surface area (Å²) in [5.74, 6) is 0. The SMILES string of the molecule is CS(=O)(=O)OPC(Cc1ccccc1)(c1ccccc1)c1ccccc1. The van der Waals surface area contributed by atoms with Crippen LogP contribution >= 0.6 is 8.81 Å². The molecule has 3 nitrogen and oxygen atoms in total. The third-order valence-corrected chi connectivity index (χ3v) is 6.86. The van der Waals surface area contributed by atoms with Crippen LogP contribution in [0.4, 0.5) is 0 Å². The van der Waals surface area contributed by atoms with E-state index in [4.69, 9.17) is 3.97 Å². The van der Waals surface area contributed by atoms with Crippen molar-refractivity contribution in [1.82, 2.24) is 0 Å². The molecule has 0 aliphatic carbocycles. The Morgan fingerprint density at radius 3 is 1.62 bits per heavy atom. The maximum absolute atomic E-state index is 11.8. The molecule has 0 N–H and O–H groups in total. The fourth-order valence-electron chi connectivity index (χ4n) is 3.02. The third-order valence-electron chi connectivity index (χ3n) is 4.21. The van der Waals surface area contributed by atoms with Gasteiger partial charge >= 0.3 is 0 Å². The molecule has 0 aliphatic rings. The standard InChI is InChI=1S/C21H21O3PS/c1-26(22,23)24-25-21(19-13-7-3-8-14-19,20-15-9-4-10-16-20)17-18-11-5-2-6-12-18/h2-16,25H,17H2,1H3. The normalized spacial score (nSPS) is 12.5.